The van der Waals surface area contributed by atoms with Crippen molar-refractivity contribution in [2.75, 3.05) is 11.1 Å². The maximum atomic E-state index is 6.20. The third-order valence-electron chi connectivity index (χ3n) is 3.02. The van der Waals surface area contributed by atoms with Gasteiger partial charge in [-0.3, -0.25) is 4.98 Å². The van der Waals surface area contributed by atoms with Crippen molar-refractivity contribution in [1.29, 1.82) is 0 Å². The Labute approximate surface area is 115 Å². The minimum atomic E-state index is 0.136. The summed E-state index contributed by atoms with van der Waals surface area (Å²) in [5, 5.41) is 7.39. The Morgan fingerprint density at radius 1 is 1.21 bits per heavy atom. The van der Waals surface area contributed by atoms with Crippen LogP contribution in [0.3, 0.4) is 0 Å². The van der Waals surface area contributed by atoms with Crippen LogP contribution in [0, 0.1) is 0 Å². The van der Waals surface area contributed by atoms with Crippen LogP contribution in [-0.4, -0.2) is 9.97 Å². The van der Waals surface area contributed by atoms with E-state index in [1.165, 1.54) is 0 Å². The molecule has 0 spiro atoms. The van der Waals surface area contributed by atoms with Gasteiger partial charge in [-0.15, -0.1) is 11.3 Å². The molecular weight excluding hydrogens is 256 g/mol. The molecule has 0 amide bonds. The smallest absolute Gasteiger partial charge is 0.115 e. The van der Waals surface area contributed by atoms with Crippen molar-refractivity contribution in [3.63, 3.8) is 0 Å². The largest absolute Gasteiger partial charge is 0.397 e. The topological polar surface area (TPSA) is 63.8 Å². The second-order valence-electron chi connectivity index (χ2n) is 4.33. The van der Waals surface area contributed by atoms with E-state index >= 15 is 0 Å². The van der Waals surface area contributed by atoms with Crippen molar-refractivity contribution in [2.45, 2.75) is 13.0 Å². The average molecular weight is 270 g/mol. The van der Waals surface area contributed by atoms with Crippen LogP contribution in [0.25, 0.3) is 10.9 Å². The number of rotatable bonds is 3. The minimum absolute atomic E-state index is 0.136. The number of benzene rings is 1. The quantitative estimate of drug-likeness (QED) is 0.715. The van der Waals surface area contributed by atoms with Crippen LogP contribution in [0.1, 0.15) is 18.0 Å². The van der Waals surface area contributed by atoms with E-state index in [1.807, 2.05) is 35.8 Å². The Morgan fingerprint density at radius 3 is 2.89 bits per heavy atom. The molecule has 0 aliphatic rings. The molecule has 1 unspecified atom stereocenters. The van der Waals surface area contributed by atoms with Crippen LogP contribution in [0.5, 0.6) is 0 Å². The number of pyridine rings is 1. The summed E-state index contributed by atoms with van der Waals surface area (Å²) in [5.74, 6) is 0. The van der Waals surface area contributed by atoms with Gasteiger partial charge in [0, 0.05) is 23.2 Å². The number of nitrogens with zero attached hydrogens (tertiary/aromatic N) is 2. The van der Waals surface area contributed by atoms with Crippen molar-refractivity contribution in [3.05, 3.63) is 47.0 Å². The zero-order valence-corrected chi connectivity index (χ0v) is 11.3. The van der Waals surface area contributed by atoms with Crippen molar-refractivity contribution >= 4 is 33.6 Å². The van der Waals surface area contributed by atoms with Crippen LogP contribution in [0.15, 0.2) is 42.0 Å². The van der Waals surface area contributed by atoms with Gasteiger partial charge in [-0.2, -0.15) is 0 Å². The lowest BCUT2D eigenvalue weighted by atomic mass is 10.1. The number of nitrogens with one attached hydrogen (secondary N) is 1. The van der Waals surface area contributed by atoms with Crippen LogP contribution in [0.2, 0.25) is 0 Å². The lowest BCUT2D eigenvalue weighted by Gasteiger charge is -2.15. The van der Waals surface area contributed by atoms with Gasteiger partial charge in [0.25, 0.3) is 0 Å². The monoisotopic (exact) mass is 270 g/mol. The average Bonchev–Trinajstić information content (AvgIpc) is 2.96. The number of hydrogen-bond donors (Lipinski definition) is 2. The fourth-order valence-corrected chi connectivity index (χ4v) is 2.69. The standard InChI is InChI=1S/C14H14N4S/c1-9(14-17-7-8-19-14)18-12-5-4-11-10(13(12)15)3-2-6-16-11/h2-9,18H,15H2,1H3. The predicted octanol–water partition coefficient (Wildman–Crippen LogP) is 3.45. The number of anilines is 2. The molecule has 0 fully saturated rings. The van der Waals surface area contributed by atoms with E-state index in [4.69, 9.17) is 5.73 Å². The first-order valence-corrected chi connectivity index (χ1v) is 6.93. The molecule has 3 rings (SSSR count). The van der Waals surface area contributed by atoms with Crippen LogP contribution in [0.4, 0.5) is 11.4 Å². The first kappa shape index (κ1) is 11.9. The second-order valence-corrected chi connectivity index (χ2v) is 5.26. The zero-order valence-electron chi connectivity index (χ0n) is 10.5. The Hall–Kier alpha value is -2.14. The fraction of sp³-hybridized carbons (Fsp3) is 0.143. The van der Waals surface area contributed by atoms with Gasteiger partial charge >= 0.3 is 0 Å². The van der Waals surface area contributed by atoms with Crippen molar-refractivity contribution in [3.8, 4) is 0 Å². The van der Waals surface area contributed by atoms with Gasteiger partial charge in [0.05, 0.1) is 22.9 Å². The lowest BCUT2D eigenvalue weighted by molar-refractivity contribution is 0.871. The second kappa shape index (κ2) is 4.85. The molecule has 2 heterocycles. The fourth-order valence-electron chi connectivity index (χ4n) is 2.04. The molecule has 2 aromatic heterocycles. The molecule has 0 saturated heterocycles. The zero-order chi connectivity index (χ0) is 13.2. The lowest BCUT2D eigenvalue weighted by Crippen LogP contribution is -2.08. The van der Waals surface area contributed by atoms with Gasteiger partial charge in [0.1, 0.15) is 5.01 Å². The molecule has 0 saturated carbocycles. The normalized spacial score (nSPS) is 12.5. The number of thiazole rings is 1. The number of nitrogen functional groups attached to an aromatic ring is 1. The summed E-state index contributed by atoms with van der Waals surface area (Å²) in [7, 11) is 0. The third-order valence-corrected chi connectivity index (χ3v) is 3.98. The minimum Gasteiger partial charge on any atom is -0.397 e. The van der Waals surface area contributed by atoms with E-state index in [9.17, 15) is 0 Å². The van der Waals surface area contributed by atoms with Gasteiger partial charge in [0.2, 0.25) is 0 Å². The van der Waals surface area contributed by atoms with E-state index in [2.05, 4.69) is 22.2 Å². The molecule has 1 aromatic carbocycles. The third kappa shape index (κ3) is 2.24. The summed E-state index contributed by atoms with van der Waals surface area (Å²) >= 11 is 1.63. The van der Waals surface area contributed by atoms with Gasteiger partial charge in [0.15, 0.2) is 0 Å². The summed E-state index contributed by atoms with van der Waals surface area (Å²) in [6.45, 7) is 2.08. The molecule has 3 aromatic rings. The molecule has 96 valence electrons. The Kier molecular flexibility index (Phi) is 3.05. The molecule has 5 heteroatoms. The first-order valence-electron chi connectivity index (χ1n) is 6.05. The highest BCUT2D eigenvalue weighted by Crippen LogP contribution is 2.30. The number of nitrogens with two attached hydrogens (primary N) is 1. The Balaban J connectivity index is 1.95. The maximum Gasteiger partial charge on any atom is 0.115 e. The summed E-state index contributed by atoms with van der Waals surface area (Å²) < 4.78 is 0. The Morgan fingerprint density at radius 2 is 2.11 bits per heavy atom. The van der Waals surface area contributed by atoms with Gasteiger partial charge in [-0.1, -0.05) is 0 Å². The number of fused-ring (bicyclic) bond motifs is 1. The summed E-state index contributed by atoms with van der Waals surface area (Å²) in [6.07, 6.45) is 3.58. The highest BCUT2D eigenvalue weighted by molar-refractivity contribution is 7.09. The van der Waals surface area contributed by atoms with Crippen molar-refractivity contribution < 1.29 is 0 Å². The number of aromatic nitrogens is 2. The molecule has 0 aliphatic carbocycles. The predicted molar refractivity (Wildman–Crippen MR) is 80.3 cm³/mol. The number of hydrogen-bond acceptors (Lipinski definition) is 5. The molecule has 4 nitrogen and oxygen atoms in total. The van der Waals surface area contributed by atoms with Gasteiger partial charge < -0.3 is 11.1 Å². The molecule has 3 N–H and O–H groups in total. The molecule has 1 atom stereocenters. The molecule has 0 aliphatic heterocycles. The highest BCUT2D eigenvalue weighted by atomic mass is 32.1. The van der Waals surface area contributed by atoms with Crippen LogP contribution < -0.4 is 11.1 Å². The van der Waals surface area contributed by atoms with Gasteiger partial charge in [-0.25, -0.2) is 4.98 Å². The Bertz CT molecular complexity index is 694. The molecule has 0 bridgehead atoms. The highest BCUT2D eigenvalue weighted by Gasteiger charge is 2.11. The van der Waals surface area contributed by atoms with Crippen molar-refractivity contribution in [1.82, 2.24) is 9.97 Å². The van der Waals surface area contributed by atoms with E-state index in [0.717, 1.165) is 27.3 Å². The first-order chi connectivity index (χ1) is 9.25. The van der Waals surface area contributed by atoms with E-state index in [0.29, 0.717) is 0 Å². The van der Waals surface area contributed by atoms with Crippen LogP contribution >= 0.6 is 11.3 Å². The van der Waals surface area contributed by atoms with E-state index < -0.39 is 0 Å². The molecule has 19 heavy (non-hydrogen) atoms. The molecular formula is C14H14N4S. The van der Waals surface area contributed by atoms with Crippen molar-refractivity contribution in [2.24, 2.45) is 0 Å². The summed E-state index contributed by atoms with van der Waals surface area (Å²) in [5.41, 5.74) is 8.76. The van der Waals surface area contributed by atoms with Gasteiger partial charge in [-0.05, 0) is 31.2 Å². The maximum absolute atomic E-state index is 6.20. The summed E-state index contributed by atoms with van der Waals surface area (Å²) in [6, 6.07) is 7.96. The van der Waals surface area contributed by atoms with Crippen LogP contribution in [-0.2, 0) is 0 Å². The molecule has 0 radical (unpaired) electrons. The summed E-state index contributed by atoms with van der Waals surface area (Å²) in [4.78, 5) is 8.60. The SMILES string of the molecule is CC(Nc1ccc2ncccc2c1N)c1nccs1. The van der Waals surface area contributed by atoms with E-state index in [-0.39, 0.29) is 6.04 Å². The van der Waals surface area contributed by atoms with E-state index in [1.54, 1.807) is 17.5 Å².